The van der Waals surface area contributed by atoms with E-state index in [0.717, 1.165) is 30.7 Å². The van der Waals surface area contributed by atoms with Crippen molar-refractivity contribution in [2.75, 3.05) is 13.2 Å². The Morgan fingerprint density at radius 3 is 3.00 bits per heavy atom. The summed E-state index contributed by atoms with van der Waals surface area (Å²) in [6, 6.07) is 9.08. The van der Waals surface area contributed by atoms with E-state index in [9.17, 15) is 9.50 Å². The molecule has 21 heavy (non-hydrogen) atoms. The number of hydrogen-bond donors (Lipinski definition) is 1. The van der Waals surface area contributed by atoms with E-state index in [1.807, 2.05) is 18.2 Å². The minimum atomic E-state index is -0.217. The Kier molecular flexibility index (Phi) is 4.08. The second-order valence-electron chi connectivity index (χ2n) is 5.63. The van der Waals surface area contributed by atoms with E-state index < -0.39 is 0 Å². The zero-order valence-corrected chi connectivity index (χ0v) is 12.2. The van der Waals surface area contributed by atoms with Crippen LogP contribution in [0, 0.1) is 12.7 Å². The highest BCUT2D eigenvalue weighted by molar-refractivity contribution is 5.62. The van der Waals surface area contributed by atoms with Gasteiger partial charge in [-0.3, -0.25) is 4.90 Å². The normalized spacial score (nSPS) is 19.3. The van der Waals surface area contributed by atoms with E-state index >= 15 is 0 Å². The van der Waals surface area contributed by atoms with Crippen molar-refractivity contribution in [3.05, 3.63) is 47.5 Å². The van der Waals surface area contributed by atoms with Gasteiger partial charge in [0.25, 0.3) is 0 Å². The molecule has 1 saturated heterocycles. The molecule has 112 valence electrons. The third-order valence-corrected chi connectivity index (χ3v) is 4.26. The van der Waals surface area contributed by atoms with Crippen LogP contribution in [0.4, 0.5) is 4.39 Å². The van der Waals surface area contributed by atoms with Crippen LogP contribution in [-0.4, -0.2) is 29.2 Å². The van der Waals surface area contributed by atoms with Gasteiger partial charge in [-0.2, -0.15) is 0 Å². The summed E-state index contributed by atoms with van der Waals surface area (Å²) in [5.41, 5.74) is 1.40. The van der Waals surface area contributed by atoms with Gasteiger partial charge in [0.15, 0.2) is 0 Å². The lowest BCUT2D eigenvalue weighted by Gasteiger charge is -2.21. The molecule has 1 atom stereocenters. The number of rotatable bonds is 4. The van der Waals surface area contributed by atoms with Gasteiger partial charge in [-0.25, -0.2) is 4.39 Å². The van der Waals surface area contributed by atoms with Gasteiger partial charge in [0, 0.05) is 11.6 Å². The molecule has 3 rings (SSSR count). The van der Waals surface area contributed by atoms with Gasteiger partial charge in [-0.1, -0.05) is 12.1 Å². The number of aliphatic hydroxyl groups is 1. The molecular weight excluding hydrogens is 269 g/mol. The highest BCUT2D eigenvalue weighted by atomic mass is 19.1. The molecule has 2 heterocycles. The van der Waals surface area contributed by atoms with E-state index in [1.165, 1.54) is 6.07 Å². The van der Waals surface area contributed by atoms with Crippen molar-refractivity contribution < 1.29 is 13.9 Å². The average molecular weight is 289 g/mol. The molecule has 0 spiro atoms. The lowest BCUT2D eigenvalue weighted by molar-refractivity contribution is 0.146. The Morgan fingerprint density at radius 2 is 2.19 bits per heavy atom. The molecule has 0 unspecified atom stereocenters. The largest absolute Gasteiger partial charge is 0.460 e. The summed E-state index contributed by atoms with van der Waals surface area (Å²) in [7, 11) is 0. The molecule has 1 aromatic heterocycles. The van der Waals surface area contributed by atoms with E-state index in [4.69, 9.17) is 4.42 Å². The molecule has 1 aliphatic heterocycles. The molecule has 0 aliphatic carbocycles. The van der Waals surface area contributed by atoms with Gasteiger partial charge < -0.3 is 9.52 Å². The highest BCUT2D eigenvalue weighted by Gasteiger charge is 2.24. The van der Waals surface area contributed by atoms with Gasteiger partial charge in [0.2, 0.25) is 0 Å². The van der Waals surface area contributed by atoms with Crippen molar-refractivity contribution in [2.45, 2.75) is 32.4 Å². The van der Waals surface area contributed by atoms with Crippen LogP contribution < -0.4 is 0 Å². The van der Waals surface area contributed by atoms with Crippen LogP contribution in [0.15, 0.2) is 34.7 Å². The Labute approximate surface area is 124 Å². The summed E-state index contributed by atoms with van der Waals surface area (Å²) in [6.07, 6.45) is 2.15. The first-order valence-corrected chi connectivity index (χ1v) is 7.38. The monoisotopic (exact) mass is 289 g/mol. The van der Waals surface area contributed by atoms with Crippen molar-refractivity contribution in [2.24, 2.45) is 0 Å². The maximum atomic E-state index is 13.6. The number of aliphatic hydroxyl groups excluding tert-OH is 1. The maximum absolute atomic E-state index is 13.6. The first kappa shape index (κ1) is 14.3. The topological polar surface area (TPSA) is 36.6 Å². The lowest BCUT2D eigenvalue weighted by atomic mass is 10.1. The SMILES string of the molecule is Cc1c(F)cccc1-c1ccc(CN2CCC[C@H]2CO)o1. The summed E-state index contributed by atoms with van der Waals surface area (Å²) < 4.78 is 19.5. The van der Waals surface area contributed by atoms with Crippen molar-refractivity contribution in [1.82, 2.24) is 4.90 Å². The van der Waals surface area contributed by atoms with E-state index in [-0.39, 0.29) is 18.5 Å². The molecule has 4 heteroatoms. The fourth-order valence-electron chi connectivity index (χ4n) is 2.99. The summed E-state index contributed by atoms with van der Waals surface area (Å²) in [5.74, 6) is 1.33. The molecule has 0 saturated carbocycles. The summed E-state index contributed by atoms with van der Waals surface area (Å²) in [6.45, 7) is 3.63. The lowest BCUT2D eigenvalue weighted by Crippen LogP contribution is -2.31. The maximum Gasteiger partial charge on any atom is 0.134 e. The molecule has 0 amide bonds. The fourth-order valence-corrected chi connectivity index (χ4v) is 2.99. The summed E-state index contributed by atoms with van der Waals surface area (Å²) in [5, 5.41) is 9.35. The third-order valence-electron chi connectivity index (χ3n) is 4.26. The number of furan rings is 1. The minimum Gasteiger partial charge on any atom is -0.460 e. The second kappa shape index (κ2) is 6.00. The van der Waals surface area contributed by atoms with Crippen LogP contribution in [-0.2, 0) is 6.54 Å². The molecule has 0 bridgehead atoms. The Morgan fingerprint density at radius 1 is 1.33 bits per heavy atom. The Hall–Kier alpha value is -1.65. The van der Waals surface area contributed by atoms with Crippen LogP contribution in [0.3, 0.4) is 0 Å². The van der Waals surface area contributed by atoms with E-state index in [1.54, 1.807) is 13.0 Å². The summed E-state index contributed by atoms with van der Waals surface area (Å²) in [4.78, 5) is 2.24. The quantitative estimate of drug-likeness (QED) is 0.937. The van der Waals surface area contributed by atoms with Gasteiger partial charge >= 0.3 is 0 Å². The molecule has 1 N–H and O–H groups in total. The minimum absolute atomic E-state index is 0.191. The molecule has 1 aromatic carbocycles. The number of nitrogens with zero attached hydrogens (tertiary/aromatic N) is 1. The Bertz CT molecular complexity index is 623. The highest BCUT2D eigenvalue weighted by Crippen LogP contribution is 2.28. The molecule has 1 fully saturated rings. The van der Waals surface area contributed by atoms with Crippen LogP contribution in [0.5, 0.6) is 0 Å². The van der Waals surface area contributed by atoms with Gasteiger partial charge in [0.05, 0.1) is 13.2 Å². The summed E-state index contributed by atoms with van der Waals surface area (Å²) >= 11 is 0. The zero-order chi connectivity index (χ0) is 14.8. The first-order valence-electron chi connectivity index (χ1n) is 7.38. The number of benzene rings is 1. The number of likely N-dealkylation sites (tertiary alicyclic amines) is 1. The predicted octanol–water partition coefficient (Wildman–Crippen LogP) is 3.35. The number of hydrogen-bond acceptors (Lipinski definition) is 3. The van der Waals surface area contributed by atoms with Crippen LogP contribution >= 0.6 is 0 Å². The van der Waals surface area contributed by atoms with Crippen molar-refractivity contribution >= 4 is 0 Å². The van der Waals surface area contributed by atoms with E-state index in [2.05, 4.69) is 4.90 Å². The van der Waals surface area contributed by atoms with Gasteiger partial charge in [-0.05, 0) is 50.1 Å². The molecule has 3 nitrogen and oxygen atoms in total. The van der Waals surface area contributed by atoms with Crippen LogP contribution in [0.2, 0.25) is 0 Å². The standard InChI is InChI=1S/C17H20FNO2/c1-12-15(5-2-6-16(12)18)17-8-7-14(21-17)10-19-9-3-4-13(19)11-20/h2,5-8,13,20H,3-4,9-11H2,1H3/t13-/m0/s1. The molecule has 0 radical (unpaired) electrons. The molecule has 1 aliphatic rings. The Balaban J connectivity index is 1.79. The third kappa shape index (κ3) is 2.87. The van der Waals surface area contributed by atoms with Crippen molar-refractivity contribution in [1.29, 1.82) is 0 Å². The van der Waals surface area contributed by atoms with Crippen molar-refractivity contribution in [3.63, 3.8) is 0 Å². The van der Waals surface area contributed by atoms with Crippen molar-refractivity contribution in [3.8, 4) is 11.3 Å². The van der Waals surface area contributed by atoms with Gasteiger partial charge in [-0.15, -0.1) is 0 Å². The van der Waals surface area contributed by atoms with E-state index in [0.29, 0.717) is 17.9 Å². The predicted molar refractivity (Wildman–Crippen MR) is 79.4 cm³/mol. The zero-order valence-electron chi connectivity index (χ0n) is 12.2. The molecular formula is C17H20FNO2. The molecule has 2 aromatic rings. The first-order chi connectivity index (χ1) is 10.2. The van der Waals surface area contributed by atoms with Crippen LogP contribution in [0.25, 0.3) is 11.3 Å². The average Bonchev–Trinajstić information content (AvgIpc) is 3.11. The fraction of sp³-hybridized carbons (Fsp3) is 0.412. The second-order valence-corrected chi connectivity index (χ2v) is 5.63. The number of halogens is 1. The smallest absolute Gasteiger partial charge is 0.134 e. The van der Waals surface area contributed by atoms with Gasteiger partial charge in [0.1, 0.15) is 17.3 Å². The van der Waals surface area contributed by atoms with Crippen LogP contribution in [0.1, 0.15) is 24.2 Å².